The molecule has 1 atom stereocenters. The molecule has 0 spiro atoms. The summed E-state index contributed by atoms with van der Waals surface area (Å²) >= 11 is 6.12. The molecule has 1 fully saturated rings. The van der Waals surface area contributed by atoms with Crippen LogP contribution < -0.4 is 11.1 Å². The van der Waals surface area contributed by atoms with E-state index in [0.717, 1.165) is 6.07 Å². The van der Waals surface area contributed by atoms with Crippen LogP contribution in [0.5, 0.6) is 0 Å². The number of carbonyl (C=O) groups is 2. The molecular weight excluding hydrogens is 497 g/mol. The van der Waals surface area contributed by atoms with Gasteiger partial charge in [0.25, 0.3) is 5.91 Å². The van der Waals surface area contributed by atoms with Crippen molar-refractivity contribution in [3.63, 3.8) is 0 Å². The molecule has 184 valence electrons. The molecule has 0 aromatic heterocycles. The highest BCUT2D eigenvalue weighted by atomic mass is 35.5. The summed E-state index contributed by atoms with van der Waals surface area (Å²) in [7, 11) is -3.96. The fourth-order valence-electron chi connectivity index (χ4n) is 3.61. The fourth-order valence-corrected chi connectivity index (χ4v) is 5.93. The second-order valence-electron chi connectivity index (χ2n) is 8.02. The summed E-state index contributed by atoms with van der Waals surface area (Å²) in [6.07, 6.45) is 0.623. The first kappa shape index (κ1) is 26.0. The highest BCUT2D eigenvalue weighted by molar-refractivity contribution is 7.92. The van der Waals surface area contributed by atoms with E-state index in [1.54, 1.807) is 0 Å². The van der Waals surface area contributed by atoms with Gasteiger partial charge in [-0.25, -0.2) is 21.6 Å². The molecule has 0 saturated heterocycles. The van der Waals surface area contributed by atoms with Crippen LogP contribution in [0.15, 0.2) is 35.2 Å². The minimum absolute atomic E-state index is 0.0964. The number of benzene rings is 2. The van der Waals surface area contributed by atoms with E-state index in [1.807, 2.05) is 0 Å². The molecule has 0 aliphatic heterocycles. The van der Waals surface area contributed by atoms with Gasteiger partial charge >= 0.3 is 5.97 Å². The number of nitrogens with one attached hydrogen (secondary N) is 1. The van der Waals surface area contributed by atoms with Crippen molar-refractivity contribution in [2.24, 2.45) is 5.73 Å². The van der Waals surface area contributed by atoms with Crippen LogP contribution in [-0.4, -0.2) is 37.7 Å². The van der Waals surface area contributed by atoms with E-state index in [9.17, 15) is 31.2 Å². The van der Waals surface area contributed by atoms with Crippen molar-refractivity contribution in [1.29, 1.82) is 0 Å². The van der Waals surface area contributed by atoms with Crippen molar-refractivity contribution in [3.05, 3.63) is 58.4 Å². The van der Waals surface area contributed by atoms with Gasteiger partial charge in [-0.3, -0.25) is 9.59 Å². The number of ether oxygens (including phenoxy) is 1. The largest absolute Gasteiger partial charge is 0.461 e. The molecule has 1 aliphatic carbocycles. The van der Waals surface area contributed by atoms with Crippen molar-refractivity contribution >= 4 is 39.0 Å². The summed E-state index contributed by atoms with van der Waals surface area (Å²) < 4.78 is 71.6. The first-order valence-electron chi connectivity index (χ1n) is 10.4. The highest BCUT2D eigenvalue weighted by Crippen LogP contribution is 2.34. The van der Waals surface area contributed by atoms with Crippen LogP contribution in [0.2, 0.25) is 5.02 Å². The predicted octanol–water partition coefficient (Wildman–Crippen LogP) is 3.98. The Hall–Kier alpha value is -2.63. The lowest BCUT2D eigenvalue weighted by atomic mass is 9.97. The summed E-state index contributed by atoms with van der Waals surface area (Å²) in [4.78, 5) is 23.9. The van der Waals surface area contributed by atoms with Gasteiger partial charge in [0, 0.05) is 23.4 Å². The first-order valence-corrected chi connectivity index (χ1v) is 12.3. The van der Waals surface area contributed by atoms with Crippen LogP contribution in [0.1, 0.15) is 43.0 Å². The van der Waals surface area contributed by atoms with Crippen molar-refractivity contribution in [3.8, 4) is 0 Å². The molecule has 34 heavy (non-hydrogen) atoms. The van der Waals surface area contributed by atoms with Gasteiger partial charge in [0.15, 0.2) is 27.3 Å². The van der Waals surface area contributed by atoms with E-state index in [4.69, 9.17) is 22.1 Å². The number of nitrogens with two attached hydrogens (primary N) is 1. The van der Waals surface area contributed by atoms with Crippen LogP contribution in [0.25, 0.3) is 0 Å². The topological polar surface area (TPSA) is 116 Å². The van der Waals surface area contributed by atoms with Gasteiger partial charge in [-0.1, -0.05) is 11.6 Å². The van der Waals surface area contributed by atoms with Crippen molar-refractivity contribution in [1.82, 2.24) is 0 Å². The van der Waals surface area contributed by atoms with Crippen LogP contribution in [0.4, 0.5) is 18.9 Å². The third-order valence-corrected chi connectivity index (χ3v) is 8.20. The molecule has 1 amide bonds. The molecule has 0 heterocycles. The SMILES string of the molecule is C[C@H](N)C(=O)OC1CCC(S(=O)(=O)c2cc(C(=O)Nc3cc(F)c(F)c(F)c3)ccc2Cl)CC1. The first-order chi connectivity index (χ1) is 15.9. The highest BCUT2D eigenvalue weighted by Gasteiger charge is 2.35. The number of halogens is 4. The van der Waals surface area contributed by atoms with Crippen molar-refractivity contribution in [2.45, 2.75) is 54.9 Å². The Morgan fingerprint density at radius 3 is 2.24 bits per heavy atom. The van der Waals surface area contributed by atoms with E-state index in [2.05, 4.69) is 5.32 Å². The maximum absolute atomic E-state index is 13.4. The molecule has 3 N–H and O–H groups in total. The lowest BCUT2D eigenvalue weighted by molar-refractivity contribution is -0.151. The Kier molecular flexibility index (Phi) is 7.89. The number of sulfone groups is 1. The summed E-state index contributed by atoms with van der Waals surface area (Å²) in [5, 5.41) is 1.29. The van der Waals surface area contributed by atoms with E-state index < -0.39 is 56.6 Å². The third-order valence-electron chi connectivity index (χ3n) is 5.46. The average molecular weight is 519 g/mol. The van der Waals surface area contributed by atoms with Crippen LogP contribution in [0, 0.1) is 17.5 Å². The molecule has 1 aliphatic rings. The summed E-state index contributed by atoms with van der Waals surface area (Å²) in [5.41, 5.74) is 5.00. The maximum Gasteiger partial charge on any atom is 0.322 e. The zero-order valence-electron chi connectivity index (χ0n) is 18.0. The molecule has 0 unspecified atom stereocenters. The normalized spacial score (nSPS) is 19.4. The van der Waals surface area contributed by atoms with Gasteiger partial charge in [0.2, 0.25) is 0 Å². The average Bonchev–Trinajstić information content (AvgIpc) is 2.77. The Bertz CT molecular complexity index is 1190. The zero-order chi connectivity index (χ0) is 25.2. The van der Waals surface area contributed by atoms with Gasteiger partial charge < -0.3 is 15.8 Å². The molecule has 12 heteroatoms. The van der Waals surface area contributed by atoms with Crippen molar-refractivity contribution in [2.75, 3.05) is 5.32 Å². The van der Waals surface area contributed by atoms with Gasteiger partial charge in [-0.2, -0.15) is 0 Å². The lowest BCUT2D eigenvalue weighted by Gasteiger charge is -2.28. The Labute approximate surface area is 199 Å². The second-order valence-corrected chi connectivity index (χ2v) is 10.6. The molecule has 2 aromatic rings. The summed E-state index contributed by atoms with van der Waals surface area (Å²) in [6, 6.07) is 3.96. The number of hydrogen-bond acceptors (Lipinski definition) is 6. The molecule has 2 aromatic carbocycles. The number of rotatable bonds is 6. The number of carbonyl (C=O) groups excluding carboxylic acids is 2. The zero-order valence-corrected chi connectivity index (χ0v) is 19.6. The van der Waals surface area contributed by atoms with Gasteiger partial charge in [0.05, 0.1) is 15.2 Å². The number of anilines is 1. The number of hydrogen-bond donors (Lipinski definition) is 2. The van der Waals surface area contributed by atoms with E-state index in [-0.39, 0.29) is 34.0 Å². The maximum atomic E-state index is 13.4. The molecule has 0 bridgehead atoms. The quantitative estimate of drug-likeness (QED) is 0.441. The van der Waals surface area contributed by atoms with Gasteiger partial charge in [-0.15, -0.1) is 0 Å². The van der Waals surface area contributed by atoms with Gasteiger partial charge in [0.1, 0.15) is 12.1 Å². The van der Waals surface area contributed by atoms with Crippen molar-refractivity contribution < 1.29 is 35.9 Å². The summed E-state index contributed by atoms with van der Waals surface area (Å²) in [5.74, 6) is -6.09. The molecule has 7 nitrogen and oxygen atoms in total. The lowest BCUT2D eigenvalue weighted by Crippen LogP contribution is -2.36. The van der Waals surface area contributed by atoms with E-state index >= 15 is 0 Å². The molecular formula is C22H22ClF3N2O5S. The number of amides is 1. The van der Waals surface area contributed by atoms with E-state index in [1.165, 1.54) is 19.1 Å². The Morgan fingerprint density at radius 1 is 1.09 bits per heavy atom. The summed E-state index contributed by atoms with van der Waals surface area (Å²) in [6.45, 7) is 1.49. The van der Waals surface area contributed by atoms with Crippen LogP contribution in [0.3, 0.4) is 0 Å². The fraction of sp³-hybridized carbons (Fsp3) is 0.364. The second kappa shape index (κ2) is 10.3. The number of esters is 1. The molecule has 3 rings (SSSR count). The van der Waals surface area contributed by atoms with Crippen LogP contribution >= 0.6 is 11.6 Å². The smallest absolute Gasteiger partial charge is 0.322 e. The molecule has 1 saturated carbocycles. The Balaban J connectivity index is 1.76. The minimum Gasteiger partial charge on any atom is -0.461 e. The van der Waals surface area contributed by atoms with Gasteiger partial charge in [-0.05, 0) is 50.8 Å². The predicted molar refractivity (Wildman–Crippen MR) is 119 cm³/mol. The Morgan fingerprint density at radius 2 is 1.68 bits per heavy atom. The minimum atomic E-state index is -3.96. The standard InChI is InChI=1S/C22H22ClF3N2O5S/c1-11(27)22(30)33-14-3-5-15(6-4-14)34(31,32)19-8-12(2-7-16(19)23)21(29)28-13-9-17(24)20(26)18(25)10-13/h2,7-11,14-15H,3-6,27H2,1H3,(H,28,29)/t11-,14?,15?/m0/s1. The third kappa shape index (κ3) is 5.70. The van der Waals surface area contributed by atoms with Crippen LogP contribution in [-0.2, 0) is 19.4 Å². The van der Waals surface area contributed by atoms with E-state index in [0.29, 0.717) is 25.0 Å². The molecule has 0 radical (unpaired) electrons. The monoisotopic (exact) mass is 518 g/mol.